The van der Waals surface area contributed by atoms with Crippen LogP contribution in [0.5, 0.6) is 5.75 Å². The van der Waals surface area contributed by atoms with Gasteiger partial charge in [0.05, 0.1) is 11.4 Å². The molecule has 0 saturated carbocycles. The smallest absolute Gasteiger partial charge is 0.251 e. The lowest BCUT2D eigenvalue weighted by Crippen LogP contribution is -2.28. The Hall–Kier alpha value is -3.86. The Morgan fingerprint density at radius 3 is 2.41 bits per heavy atom. The molecule has 4 N–H and O–H groups in total. The van der Waals surface area contributed by atoms with Crippen LogP contribution in [0.4, 0.5) is 10.8 Å². The summed E-state index contributed by atoms with van der Waals surface area (Å²) in [4.78, 5) is 22.1. The second kappa shape index (κ2) is 11.3. The summed E-state index contributed by atoms with van der Waals surface area (Å²) in [6.07, 6.45) is 5.25. The van der Waals surface area contributed by atoms with Crippen molar-refractivity contribution >= 4 is 45.3 Å². The molecular formula is C24H21N5O3S2. The van der Waals surface area contributed by atoms with Crippen molar-refractivity contribution in [2.24, 2.45) is 0 Å². The molecule has 2 aromatic heterocycles. The molecule has 2 aromatic carbocycles. The fraction of sp³-hybridized carbons (Fsp3) is 0.0833. The number of thiocarbonyl (C=S) groups is 1. The number of nitrogens with one attached hydrogen (secondary N) is 3. The van der Waals surface area contributed by atoms with Crippen LogP contribution >= 0.6 is 23.6 Å². The van der Waals surface area contributed by atoms with Crippen LogP contribution < -0.4 is 20.9 Å². The third-order valence-electron chi connectivity index (χ3n) is 4.74. The summed E-state index contributed by atoms with van der Waals surface area (Å²) < 4.78 is 5.63. The van der Waals surface area contributed by atoms with Crippen LogP contribution in [0, 0.1) is 0 Å². The minimum atomic E-state index is -0.172. The summed E-state index contributed by atoms with van der Waals surface area (Å²) in [5.74, 6) is 0.472. The summed E-state index contributed by atoms with van der Waals surface area (Å²) in [5, 5.41) is 15.7. The summed E-state index contributed by atoms with van der Waals surface area (Å²) in [6, 6.07) is 18.1. The van der Waals surface area contributed by atoms with E-state index in [2.05, 4.69) is 20.6 Å². The van der Waals surface area contributed by atoms with E-state index in [0.717, 1.165) is 21.3 Å². The van der Waals surface area contributed by atoms with Crippen LogP contribution in [-0.2, 0) is 0 Å². The summed E-state index contributed by atoms with van der Waals surface area (Å²) in [6.45, 7) is 0.678. The molecule has 4 aromatic rings. The zero-order valence-electron chi connectivity index (χ0n) is 17.9. The molecule has 0 unspecified atom stereocenters. The van der Waals surface area contributed by atoms with E-state index >= 15 is 0 Å². The van der Waals surface area contributed by atoms with Gasteiger partial charge in [-0.2, -0.15) is 0 Å². The standard InChI is InChI=1S/C24H21N5O3S2/c30-22(26-13-14-32-20-7-5-18(6-8-20)23(33)29-31)17-3-1-16(2-4-17)21-15-27-24(34-21)28-19-9-11-25-12-10-19/h1-12,15,31H,13-14H2,(H,26,30)(H,29,33)(H,25,27,28). The number of nitrogens with zero attached hydrogens (tertiary/aromatic N) is 2. The topological polar surface area (TPSA) is 108 Å². The van der Waals surface area contributed by atoms with Gasteiger partial charge in [0.1, 0.15) is 17.3 Å². The average molecular weight is 492 g/mol. The number of benzene rings is 2. The number of anilines is 2. The maximum atomic E-state index is 12.4. The molecule has 8 nitrogen and oxygen atoms in total. The van der Waals surface area contributed by atoms with Gasteiger partial charge in [-0.25, -0.2) is 4.98 Å². The molecule has 0 radical (unpaired) electrons. The van der Waals surface area contributed by atoms with Gasteiger partial charge in [0, 0.05) is 35.4 Å². The predicted molar refractivity (Wildman–Crippen MR) is 136 cm³/mol. The highest BCUT2D eigenvalue weighted by Gasteiger charge is 2.08. The minimum absolute atomic E-state index is 0.172. The SMILES string of the molecule is O=C(NCCOc1ccc(C(=S)NO)cc1)c1ccc(-c2cnc(Nc3ccncc3)s2)cc1. The van der Waals surface area contributed by atoms with Crippen LogP contribution in [0.15, 0.2) is 79.3 Å². The van der Waals surface area contributed by atoms with Crippen molar-refractivity contribution in [3.05, 3.63) is 90.4 Å². The van der Waals surface area contributed by atoms with Crippen LogP contribution in [0.3, 0.4) is 0 Å². The number of aromatic nitrogens is 2. The van der Waals surface area contributed by atoms with E-state index in [9.17, 15) is 4.79 Å². The number of hydroxylamine groups is 1. The van der Waals surface area contributed by atoms with Gasteiger partial charge < -0.3 is 15.4 Å². The Morgan fingerprint density at radius 2 is 1.71 bits per heavy atom. The van der Waals surface area contributed by atoms with Crippen molar-refractivity contribution in [2.45, 2.75) is 0 Å². The van der Waals surface area contributed by atoms with Gasteiger partial charge in [-0.3, -0.25) is 20.5 Å². The first kappa shape index (κ1) is 23.3. The summed E-state index contributed by atoms with van der Waals surface area (Å²) >= 11 is 6.48. The largest absolute Gasteiger partial charge is 0.492 e. The Balaban J connectivity index is 1.25. The Bertz CT molecular complexity index is 1250. The molecule has 0 bridgehead atoms. The minimum Gasteiger partial charge on any atom is -0.492 e. The summed E-state index contributed by atoms with van der Waals surface area (Å²) in [7, 11) is 0. The number of ether oxygens (including phenoxy) is 1. The molecule has 2 heterocycles. The van der Waals surface area contributed by atoms with Crippen molar-refractivity contribution < 1.29 is 14.7 Å². The molecule has 0 aliphatic carbocycles. The molecule has 0 fully saturated rings. The van der Waals surface area contributed by atoms with Crippen LogP contribution in [0.25, 0.3) is 10.4 Å². The van der Waals surface area contributed by atoms with Gasteiger partial charge in [-0.05, 0) is 54.1 Å². The number of carbonyl (C=O) groups excluding carboxylic acids is 1. The van der Waals surface area contributed by atoms with E-state index in [-0.39, 0.29) is 10.9 Å². The van der Waals surface area contributed by atoms with E-state index in [4.69, 9.17) is 22.2 Å². The normalized spacial score (nSPS) is 10.4. The van der Waals surface area contributed by atoms with Crippen molar-refractivity contribution in [1.29, 1.82) is 0 Å². The molecular weight excluding hydrogens is 470 g/mol. The van der Waals surface area contributed by atoms with E-state index in [1.807, 2.05) is 29.7 Å². The molecule has 172 valence electrons. The first-order valence-corrected chi connectivity index (χ1v) is 11.5. The van der Waals surface area contributed by atoms with Gasteiger partial charge in [0.15, 0.2) is 5.13 Å². The quantitative estimate of drug-likeness (QED) is 0.155. The Labute approximate surface area is 205 Å². The van der Waals surface area contributed by atoms with E-state index in [1.54, 1.807) is 55.0 Å². The summed E-state index contributed by atoms with van der Waals surface area (Å²) in [5.41, 5.74) is 5.10. The lowest BCUT2D eigenvalue weighted by molar-refractivity contribution is 0.0947. The number of rotatable bonds is 9. The molecule has 0 saturated heterocycles. The Kier molecular flexibility index (Phi) is 7.76. The van der Waals surface area contributed by atoms with Crippen molar-refractivity contribution in [3.8, 4) is 16.2 Å². The van der Waals surface area contributed by atoms with Gasteiger partial charge in [-0.1, -0.05) is 35.7 Å². The number of amides is 1. The number of hydrogen-bond donors (Lipinski definition) is 4. The fourth-order valence-corrected chi connectivity index (χ4v) is 3.99. The van der Waals surface area contributed by atoms with E-state index in [0.29, 0.717) is 30.0 Å². The first-order valence-electron chi connectivity index (χ1n) is 10.3. The molecule has 10 heteroatoms. The molecule has 4 rings (SSSR count). The monoisotopic (exact) mass is 491 g/mol. The molecule has 34 heavy (non-hydrogen) atoms. The maximum Gasteiger partial charge on any atom is 0.251 e. The van der Waals surface area contributed by atoms with Crippen molar-refractivity contribution in [2.75, 3.05) is 18.5 Å². The fourth-order valence-electron chi connectivity index (χ4n) is 3.01. The Morgan fingerprint density at radius 1 is 1.00 bits per heavy atom. The van der Waals surface area contributed by atoms with Crippen molar-refractivity contribution in [3.63, 3.8) is 0 Å². The molecule has 0 atom stereocenters. The van der Waals surface area contributed by atoms with E-state index < -0.39 is 0 Å². The van der Waals surface area contributed by atoms with Gasteiger partial charge in [0.2, 0.25) is 0 Å². The van der Waals surface area contributed by atoms with E-state index in [1.165, 1.54) is 11.3 Å². The molecule has 1 amide bonds. The lowest BCUT2D eigenvalue weighted by Gasteiger charge is -2.09. The van der Waals surface area contributed by atoms with Gasteiger partial charge in [0.25, 0.3) is 5.91 Å². The van der Waals surface area contributed by atoms with Gasteiger partial charge in [-0.15, -0.1) is 0 Å². The predicted octanol–water partition coefficient (Wildman–Crippen LogP) is 4.41. The number of carbonyl (C=O) groups is 1. The average Bonchev–Trinajstić information content (AvgIpc) is 3.35. The zero-order chi connectivity index (χ0) is 23.8. The van der Waals surface area contributed by atoms with Crippen molar-refractivity contribution in [1.82, 2.24) is 20.8 Å². The lowest BCUT2D eigenvalue weighted by atomic mass is 10.1. The number of thiazole rings is 1. The van der Waals surface area contributed by atoms with Crippen LogP contribution in [0.2, 0.25) is 0 Å². The first-order chi connectivity index (χ1) is 16.6. The number of hydrogen-bond acceptors (Lipinski definition) is 8. The van der Waals surface area contributed by atoms with Crippen LogP contribution in [-0.4, -0.2) is 39.2 Å². The molecule has 0 aliphatic rings. The van der Waals surface area contributed by atoms with Crippen LogP contribution in [0.1, 0.15) is 15.9 Å². The van der Waals surface area contributed by atoms with Gasteiger partial charge >= 0.3 is 0 Å². The second-order valence-corrected chi connectivity index (χ2v) is 8.48. The third kappa shape index (κ3) is 6.13. The molecule has 0 aliphatic heterocycles. The highest BCUT2D eigenvalue weighted by molar-refractivity contribution is 7.80. The highest BCUT2D eigenvalue weighted by Crippen LogP contribution is 2.30. The second-order valence-electron chi connectivity index (χ2n) is 7.04. The third-order valence-corrected chi connectivity index (χ3v) is 6.03. The molecule has 0 spiro atoms. The zero-order valence-corrected chi connectivity index (χ0v) is 19.5. The maximum absolute atomic E-state index is 12.4. The number of pyridine rings is 1. The highest BCUT2D eigenvalue weighted by atomic mass is 32.1.